The number of anilines is 1. The molecule has 0 saturated carbocycles. The third-order valence-corrected chi connectivity index (χ3v) is 5.84. The summed E-state index contributed by atoms with van der Waals surface area (Å²) in [7, 11) is 0. The van der Waals surface area contributed by atoms with E-state index in [1.807, 2.05) is 23.6 Å². The van der Waals surface area contributed by atoms with Gasteiger partial charge in [0.25, 0.3) is 0 Å². The van der Waals surface area contributed by atoms with Crippen LogP contribution in [-0.2, 0) is 4.79 Å². The number of halogens is 1. The second-order valence-corrected chi connectivity index (χ2v) is 7.22. The lowest BCUT2D eigenvalue weighted by Gasteiger charge is -2.24. The van der Waals surface area contributed by atoms with Gasteiger partial charge in [-0.3, -0.25) is 4.79 Å². The van der Waals surface area contributed by atoms with E-state index in [0.717, 1.165) is 33.0 Å². The van der Waals surface area contributed by atoms with Crippen molar-refractivity contribution in [3.05, 3.63) is 64.1 Å². The minimum absolute atomic E-state index is 0.0260. The first-order valence-corrected chi connectivity index (χ1v) is 9.14. The maximum absolute atomic E-state index is 13.2. The molecule has 1 amide bonds. The van der Waals surface area contributed by atoms with Crippen LogP contribution in [0.5, 0.6) is 11.5 Å². The van der Waals surface area contributed by atoms with Gasteiger partial charge < -0.3 is 14.8 Å². The molecule has 0 aliphatic carbocycles. The molecule has 2 aliphatic heterocycles. The van der Waals surface area contributed by atoms with Crippen LogP contribution in [0.1, 0.15) is 22.8 Å². The van der Waals surface area contributed by atoms with E-state index >= 15 is 0 Å². The first kappa shape index (κ1) is 15.4. The molecule has 1 unspecified atom stereocenters. The molecule has 4 nitrogen and oxygen atoms in total. The molecular formula is C20H14FNO3S. The summed E-state index contributed by atoms with van der Waals surface area (Å²) in [6.07, 6.45) is 0.385. The third-order valence-electron chi connectivity index (χ3n) is 4.74. The molecule has 1 N–H and O–H groups in total. The number of rotatable bonds is 2. The maximum Gasteiger partial charge on any atom is 0.231 e. The van der Waals surface area contributed by atoms with Crippen LogP contribution in [-0.4, -0.2) is 12.7 Å². The van der Waals surface area contributed by atoms with Crippen LogP contribution < -0.4 is 14.8 Å². The quantitative estimate of drug-likeness (QED) is 0.711. The number of carbonyl (C=O) groups is 1. The van der Waals surface area contributed by atoms with E-state index in [9.17, 15) is 9.18 Å². The molecule has 0 fully saturated rings. The number of thiophene rings is 1. The number of amides is 1. The molecule has 130 valence electrons. The summed E-state index contributed by atoms with van der Waals surface area (Å²) in [5, 5.41) is 5.01. The van der Waals surface area contributed by atoms with Crippen molar-refractivity contribution in [2.75, 3.05) is 12.1 Å². The highest BCUT2D eigenvalue weighted by Gasteiger charge is 2.31. The monoisotopic (exact) mass is 367 g/mol. The number of nitrogens with one attached hydrogen (secondary N) is 1. The Labute approximate surface area is 153 Å². The van der Waals surface area contributed by atoms with Crippen molar-refractivity contribution >= 4 is 22.9 Å². The lowest BCUT2D eigenvalue weighted by Crippen LogP contribution is -2.22. The fourth-order valence-electron chi connectivity index (χ4n) is 3.47. The molecule has 26 heavy (non-hydrogen) atoms. The minimum atomic E-state index is -0.278. The molecule has 2 aromatic carbocycles. The second kappa shape index (κ2) is 5.85. The minimum Gasteiger partial charge on any atom is -0.454 e. The van der Waals surface area contributed by atoms with Gasteiger partial charge in [0, 0.05) is 28.2 Å². The summed E-state index contributed by atoms with van der Waals surface area (Å²) in [4.78, 5) is 13.5. The standard InChI is InChI=1S/C20H14FNO3S/c21-13-4-1-11(2-5-13)15-9-26-20-14(8-18(23)22-19(15)20)12-3-6-16-17(7-12)25-10-24-16/h1-7,9,14H,8,10H2,(H,22,23). The summed E-state index contributed by atoms with van der Waals surface area (Å²) in [5.74, 6) is 1.10. The van der Waals surface area contributed by atoms with Gasteiger partial charge in [0.2, 0.25) is 12.7 Å². The molecule has 1 atom stereocenters. The Balaban J connectivity index is 1.59. The van der Waals surface area contributed by atoms with Crippen LogP contribution in [0.25, 0.3) is 11.1 Å². The molecule has 1 aromatic heterocycles. The highest BCUT2D eigenvalue weighted by atomic mass is 32.1. The fraction of sp³-hybridized carbons (Fsp3) is 0.150. The van der Waals surface area contributed by atoms with E-state index < -0.39 is 0 Å². The predicted molar refractivity (Wildman–Crippen MR) is 97.4 cm³/mol. The molecule has 2 aliphatic rings. The Morgan fingerprint density at radius 3 is 2.73 bits per heavy atom. The van der Waals surface area contributed by atoms with Gasteiger partial charge in [-0.2, -0.15) is 0 Å². The first-order chi connectivity index (χ1) is 12.7. The Hall–Kier alpha value is -2.86. The van der Waals surface area contributed by atoms with Gasteiger partial charge in [-0.05, 0) is 35.4 Å². The van der Waals surface area contributed by atoms with Crippen molar-refractivity contribution in [3.63, 3.8) is 0 Å². The average Bonchev–Trinajstić information content (AvgIpc) is 3.27. The van der Waals surface area contributed by atoms with Crippen molar-refractivity contribution in [1.29, 1.82) is 0 Å². The Morgan fingerprint density at radius 2 is 1.88 bits per heavy atom. The maximum atomic E-state index is 13.2. The molecular weight excluding hydrogens is 353 g/mol. The van der Waals surface area contributed by atoms with E-state index in [1.165, 1.54) is 12.1 Å². The van der Waals surface area contributed by atoms with Crippen LogP contribution >= 0.6 is 11.3 Å². The summed E-state index contributed by atoms with van der Waals surface area (Å²) in [6, 6.07) is 12.1. The first-order valence-electron chi connectivity index (χ1n) is 8.26. The van der Waals surface area contributed by atoms with Crippen molar-refractivity contribution in [2.24, 2.45) is 0 Å². The molecule has 0 radical (unpaired) electrons. The number of ether oxygens (including phenoxy) is 2. The van der Waals surface area contributed by atoms with E-state index in [1.54, 1.807) is 23.5 Å². The van der Waals surface area contributed by atoms with E-state index in [2.05, 4.69) is 5.32 Å². The summed E-state index contributed by atoms with van der Waals surface area (Å²) in [5.41, 5.74) is 3.65. The van der Waals surface area contributed by atoms with Crippen molar-refractivity contribution in [2.45, 2.75) is 12.3 Å². The Bertz CT molecular complexity index is 1010. The smallest absolute Gasteiger partial charge is 0.231 e. The lowest BCUT2D eigenvalue weighted by atomic mass is 9.89. The Morgan fingerprint density at radius 1 is 1.08 bits per heavy atom. The van der Waals surface area contributed by atoms with E-state index in [-0.39, 0.29) is 24.4 Å². The zero-order chi connectivity index (χ0) is 17.7. The molecule has 0 saturated heterocycles. The van der Waals surface area contributed by atoms with Gasteiger partial charge in [-0.15, -0.1) is 11.3 Å². The number of hydrogen-bond donors (Lipinski definition) is 1. The lowest BCUT2D eigenvalue weighted by molar-refractivity contribution is -0.116. The third kappa shape index (κ3) is 2.45. The molecule has 3 heterocycles. The topological polar surface area (TPSA) is 47.6 Å². The highest BCUT2D eigenvalue weighted by molar-refractivity contribution is 7.11. The van der Waals surface area contributed by atoms with Crippen LogP contribution in [0.15, 0.2) is 47.8 Å². The van der Waals surface area contributed by atoms with Gasteiger partial charge in [0.05, 0.1) is 5.69 Å². The van der Waals surface area contributed by atoms with Crippen LogP contribution in [0.4, 0.5) is 10.1 Å². The zero-order valence-electron chi connectivity index (χ0n) is 13.6. The van der Waals surface area contributed by atoms with Gasteiger partial charge in [-0.25, -0.2) is 4.39 Å². The SMILES string of the molecule is O=C1CC(c2ccc3c(c2)OCO3)c2scc(-c3ccc(F)cc3)c2N1. The highest BCUT2D eigenvalue weighted by Crippen LogP contribution is 2.47. The zero-order valence-corrected chi connectivity index (χ0v) is 14.4. The van der Waals surface area contributed by atoms with E-state index in [4.69, 9.17) is 9.47 Å². The van der Waals surface area contributed by atoms with Gasteiger partial charge in [0.15, 0.2) is 11.5 Å². The molecule has 0 spiro atoms. The normalized spacial score (nSPS) is 17.7. The summed E-state index contributed by atoms with van der Waals surface area (Å²) in [6.45, 7) is 0.225. The van der Waals surface area contributed by atoms with Gasteiger partial charge in [-0.1, -0.05) is 18.2 Å². The van der Waals surface area contributed by atoms with Crippen molar-refractivity contribution in [1.82, 2.24) is 0 Å². The fourth-order valence-corrected chi connectivity index (χ4v) is 4.63. The molecule has 0 bridgehead atoms. The number of carbonyl (C=O) groups excluding carboxylic acids is 1. The number of hydrogen-bond acceptors (Lipinski definition) is 4. The molecule has 3 aromatic rings. The van der Waals surface area contributed by atoms with Crippen LogP contribution in [0, 0.1) is 5.82 Å². The van der Waals surface area contributed by atoms with Crippen molar-refractivity contribution < 1.29 is 18.7 Å². The number of benzene rings is 2. The van der Waals surface area contributed by atoms with E-state index in [0.29, 0.717) is 12.2 Å². The second-order valence-electron chi connectivity index (χ2n) is 6.31. The van der Waals surface area contributed by atoms with Gasteiger partial charge in [0.1, 0.15) is 5.82 Å². The summed E-state index contributed by atoms with van der Waals surface area (Å²) >= 11 is 1.61. The van der Waals surface area contributed by atoms with Crippen LogP contribution in [0.2, 0.25) is 0 Å². The Kier molecular flexibility index (Phi) is 3.46. The average molecular weight is 367 g/mol. The van der Waals surface area contributed by atoms with Crippen molar-refractivity contribution in [3.8, 4) is 22.6 Å². The van der Waals surface area contributed by atoms with Crippen LogP contribution in [0.3, 0.4) is 0 Å². The summed E-state index contributed by atoms with van der Waals surface area (Å²) < 4.78 is 24.1. The largest absolute Gasteiger partial charge is 0.454 e. The number of fused-ring (bicyclic) bond motifs is 2. The predicted octanol–water partition coefficient (Wildman–Crippen LogP) is 4.76. The van der Waals surface area contributed by atoms with Gasteiger partial charge >= 0.3 is 0 Å². The molecule has 5 rings (SSSR count). The molecule has 6 heteroatoms.